The minimum atomic E-state index is -0.426. The molecule has 2 unspecified atom stereocenters. The third-order valence-electron chi connectivity index (χ3n) is 3.41. The van der Waals surface area contributed by atoms with E-state index in [1.165, 1.54) is 11.8 Å². The molecule has 1 saturated heterocycles. The molecule has 0 aliphatic carbocycles. The summed E-state index contributed by atoms with van der Waals surface area (Å²) < 4.78 is 0. The van der Waals surface area contributed by atoms with Gasteiger partial charge in [0.1, 0.15) is 0 Å². The Bertz CT molecular complexity index is 376. The van der Waals surface area contributed by atoms with Crippen LogP contribution >= 0.6 is 11.8 Å². The second kappa shape index (κ2) is 8.14. The molecule has 1 aliphatic rings. The number of amides is 3. The number of carbonyl (C=O) groups is 3. The van der Waals surface area contributed by atoms with Crippen LogP contribution in [0.5, 0.6) is 0 Å². The van der Waals surface area contributed by atoms with E-state index >= 15 is 0 Å². The molecule has 0 aromatic carbocycles. The van der Waals surface area contributed by atoms with E-state index in [-0.39, 0.29) is 35.3 Å². The molecule has 0 aromatic rings. The van der Waals surface area contributed by atoms with E-state index in [0.29, 0.717) is 13.1 Å². The van der Waals surface area contributed by atoms with Gasteiger partial charge < -0.3 is 16.0 Å². The monoisotopic (exact) mass is 301 g/mol. The Kier molecular flexibility index (Phi) is 6.84. The number of hydrogen-bond donors (Lipinski definition) is 2. The van der Waals surface area contributed by atoms with E-state index < -0.39 is 5.91 Å². The van der Waals surface area contributed by atoms with Crippen LogP contribution in [0.15, 0.2) is 0 Å². The lowest BCUT2D eigenvalue weighted by Crippen LogP contribution is -2.48. The molecule has 0 spiro atoms. The molecule has 0 saturated carbocycles. The number of thioether (sulfide) groups is 1. The molecule has 2 atom stereocenters. The Balaban J connectivity index is 2.23. The van der Waals surface area contributed by atoms with Crippen LogP contribution in [0.1, 0.15) is 26.7 Å². The first-order valence-corrected chi connectivity index (χ1v) is 8.00. The molecular formula is C13H23N3O3S. The molecule has 1 rings (SSSR count). The van der Waals surface area contributed by atoms with Gasteiger partial charge in [0.2, 0.25) is 17.7 Å². The molecule has 0 aromatic heterocycles. The maximum atomic E-state index is 12.0. The van der Waals surface area contributed by atoms with Crippen LogP contribution in [0.3, 0.4) is 0 Å². The van der Waals surface area contributed by atoms with Gasteiger partial charge in [0, 0.05) is 25.0 Å². The van der Waals surface area contributed by atoms with Crippen LogP contribution in [0.25, 0.3) is 0 Å². The number of nitrogens with two attached hydrogens (primary N) is 1. The Morgan fingerprint density at radius 1 is 1.35 bits per heavy atom. The highest BCUT2D eigenvalue weighted by atomic mass is 32.2. The Hall–Kier alpha value is -1.24. The molecule has 20 heavy (non-hydrogen) atoms. The molecule has 6 nitrogen and oxygen atoms in total. The number of nitrogens with one attached hydrogen (secondary N) is 1. The largest absolute Gasteiger partial charge is 0.369 e. The van der Waals surface area contributed by atoms with Gasteiger partial charge in [-0.3, -0.25) is 14.4 Å². The van der Waals surface area contributed by atoms with Gasteiger partial charge in [0.25, 0.3) is 0 Å². The summed E-state index contributed by atoms with van der Waals surface area (Å²) in [4.78, 5) is 35.9. The summed E-state index contributed by atoms with van der Waals surface area (Å²) in [7, 11) is 0. The van der Waals surface area contributed by atoms with Crippen molar-refractivity contribution in [1.82, 2.24) is 10.2 Å². The lowest BCUT2D eigenvalue weighted by Gasteiger charge is -2.36. The van der Waals surface area contributed by atoms with E-state index in [2.05, 4.69) is 5.32 Å². The van der Waals surface area contributed by atoms with Gasteiger partial charge >= 0.3 is 0 Å². The summed E-state index contributed by atoms with van der Waals surface area (Å²) in [5.41, 5.74) is 4.98. The molecule has 0 bridgehead atoms. The number of carbonyl (C=O) groups excluding carboxylic acids is 3. The molecule has 1 aliphatic heterocycles. The maximum Gasteiger partial charge on any atom is 0.230 e. The number of nitrogens with zero attached hydrogens (tertiary/aromatic N) is 1. The van der Waals surface area contributed by atoms with E-state index in [1.807, 2.05) is 18.7 Å². The molecule has 0 radical (unpaired) electrons. The molecule has 3 amide bonds. The number of rotatable bonds is 7. The van der Waals surface area contributed by atoms with Crippen molar-refractivity contribution < 1.29 is 14.4 Å². The predicted octanol–water partition coefficient (Wildman–Crippen LogP) is -0.0319. The zero-order valence-electron chi connectivity index (χ0n) is 12.1. The van der Waals surface area contributed by atoms with Crippen molar-refractivity contribution in [3.05, 3.63) is 0 Å². The highest BCUT2D eigenvalue weighted by Crippen LogP contribution is 2.22. The van der Waals surface area contributed by atoms with Crippen LogP contribution < -0.4 is 11.1 Å². The van der Waals surface area contributed by atoms with Crippen molar-refractivity contribution in [2.24, 2.45) is 11.7 Å². The van der Waals surface area contributed by atoms with E-state index in [4.69, 9.17) is 5.73 Å². The zero-order chi connectivity index (χ0) is 15.1. The summed E-state index contributed by atoms with van der Waals surface area (Å²) in [6, 6.07) is 0.236. The molecular weight excluding hydrogens is 278 g/mol. The molecule has 114 valence electrons. The summed E-state index contributed by atoms with van der Waals surface area (Å²) >= 11 is 1.19. The first kappa shape index (κ1) is 16.8. The summed E-state index contributed by atoms with van der Waals surface area (Å²) in [5, 5.41) is 2.75. The predicted molar refractivity (Wildman–Crippen MR) is 79.1 cm³/mol. The third-order valence-corrected chi connectivity index (χ3v) is 4.36. The van der Waals surface area contributed by atoms with Crippen molar-refractivity contribution >= 4 is 29.5 Å². The van der Waals surface area contributed by atoms with E-state index in [0.717, 1.165) is 12.8 Å². The Morgan fingerprint density at radius 3 is 2.70 bits per heavy atom. The van der Waals surface area contributed by atoms with Gasteiger partial charge in [-0.2, -0.15) is 0 Å². The number of piperidine rings is 1. The minimum Gasteiger partial charge on any atom is -0.369 e. The van der Waals surface area contributed by atoms with Crippen LogP contribution in [0.2, 0.25) is 0 Å². The fraction of sp³-hybridized carbons (Fsp3) is 0.769. The Morgan fingerprint density at radius 2 is 2.05 bits per heavy atom. The van der Waals surface area contributed by atoms with E-state index in [1.54, 1.807) is 0 Å². The molecule has 7 heteroatoms. The summed E-state index contributed by atoms with van der Waals surface area (Å²) in [6.45, 7) is 4.96. The zero-order valence-corrected chi connectivity index (χ0v) is 12.9. The molecule has 1 fully saturated rings. The third kappa shape index (κ3) is 5.40. The average Bonchev–Trinajstić information content (AvgIpc) is 2.38. The standard InChI is InChI=1S/C13H23N3O3S/c1-9-3-4-10(2)16(13(9)19)6-5-15-12(18)8-20-7-11(14)17/h9-10H,3-8H2,1-2H3,(H2,14,17)(H,15,18). The lowest BCUT2D eigenvalue weighted by molar-refractivity contribution is -0.140. The van der Waals surface area contributed by atoms with Gasteiger partial charge in [-0.25, -0.2) is 0 Å². The second-order valence-corrected chi connectivity index (χ2v) is 6.15. The lowest BCUT2D eigenvalue weighted by atomic mass is 9.94. The van der Waals surface area contributed by atoms with Crippen LogP contribution in [0.4, 0.5) is 0 Å². The number of primary amides is 1. The van der Waals surface area contributed by atoms with Gasteiger partial charge in [-0.15, -0.1) is 11.8 Å². The normalized spacial score (nSPS) is 22.7. The smallest absolute Gasteiger partial charge is 0.230 e. The number of hydrogen-bond acceptors (Lipinski definition) is 4. The van der Waals surface area contributed by atoms with Crippen molar-refractivity contribution in [2.75, 3.05) is 24.6 Å². The Labute approximate surface area is 123 Å². The molecule has 1 heterocycles. The minimum absolute atomic E-state index is 0.0769. The topological polar surface area (TPSA) is 92.5 Å². The SMILES string of the molecule is CC1CCC(C)N(CCNC(=O)CSCC(N)=O)C1=O. The first-order valence-electron chi connectivity index (χ1n) is 6.85. The highest BCUT2D eigenvalue weighted by Gasteiger charge is 2.29. The van der Waals surface area contributed by atoms with Crippen LogP contribution in [-0.4, -0.2) is 53.3 Å². The fourth-order valence-corrected chi connectivity index (χ4v) is 2.80. The van der Waals surface area contributed by atoms with Gasteiger partial charge in [-0.05, 0) is 19.8 Å². The molecule has 3 N–H and O–H groups in total. The van der Waals surface area contributed by atoms with Crippen molar-refractivity contribution in [3.8, 4) is 0 Å². The van der Waals surface area contributed by atoms with Crippen molar-refractivity contribution in [3.63, 3.8) is 0 Å². The van der Waals surface area contributed by atoms with Gasteiger partial charge in [0.15, 0.2) is 0 Å². The average molecular weight is 301 g/mol. The maximum absolute atomic E-state index is 12.0. The first-order chi connectivity index (χ1) is 9.41. The van der Waals surface area contributed by atoms with Crippen LogP contribution in [-0.2, 0) is 14.4 Å². The second-order valence-electron chi connectivity index (χ2n) is 5.17. The highest BCUT2D eigenvalue weighted by molar-refractivity contribution is 8.00. The van der Waals surface area contributed by atoms with Gasteiger partial charge in [0.05, 0.1) is 11.5 Å². The number of likely N-dealkylation sites (tertiary alicyclic amines) is 1. The van der Waals surface area contributed by atoms with Crippen molar-refractivity contribution in [1.29, 1.82) is 0 Å². The van der Waals surface area contributed by atoms with Gasteiger partial charge in [-0.1, -0.05) is 6.92 Å². The van der Waals surface area contributed by atoms with E-state index in [9.17, 15) is 14.4 Å². The summed E-state index contributed by atoms with van der Waals surface area (Å²) in [6.07, 6.45) is 1.95. The quantitative estimate of drug-likeness (QED) is 0.690. The van der Waals surface area contributed by atoms with Crippen LogP contribution in [0, 0.1) is 5.92 Å². The van der Waals surface area contributed by atoms with Crippen molar-refractivity contribution in [2.45, 2.75) is 32.7 Å². The fourth-order valence-electron chi connectivity index (χ4n) is 2.21. The summed E-state index contributed by atoms with van der Waals surface area (Å²) in [5.74, 6) is 0.0372.